The molecule has 0 aliphatic carbocycles. The molecule has 0 rings (SSSR count). The van der Waals surface area contributed by atoms with Crippen molar-refractivity contribution in [1.82, 2.24) is 0 Å². The van der Waals surface area contributed by atoms with Crippen LogP contribution in [0.5, 0.6) is 0 Å². The van der Waals surface area contributed by atoms with Gasteiger partial charge in [0, 0.05) is 0 Å². The second-order valence-corrected chi connectivity index (χ2v) is 13.9. The first-order valence-electron chi connectivity index (χ1n) is 15.0. The maximum Gasteiger partial charge on any atom is -0.0195 e. The van der Waals surface area contributed by atoms with Gasteiger partial charge in [-0.15, -0.1) is 0 Å². The molecule has 0 aromatic carbocycles. The average Bonchev–Trinajstić information content (AvgIpc) is 2.53. The van der Waals surface area contributed by atoms with E-state index in [2.05, 4.69) is 178 Å². The number of hydrogen-bond acceptors (Lipinski definition) is 2. The van der Waals surface area contributed by atoms with Gasteiger partial charge in [-0.05, 0) is 61.4 Å². The highest BCUT2D eigenvalue weighted by Crippen LogP contribution is 1.83. The first-order chi connectivity index (χ1) is 15.9. The van der Waals surface area contributed by atoms with Gasteiger partial charge in [0.1, 0.15) is 0 Å². The number of nitrogens with two attached hydrogens (primary N) is 2. The van der Waals surface area contributed by atoms with Crippen LogP contribution in [-0.4, -0.2) is 14.1 Å². The van der Waals surface area contributed by atoms with Crippen molar-refractivity contribution in [3.05, 3.63) is 0 Å². The fourth-order valence-electron chi connectivity index (χ4n) is 0. The van der Waals surface area contributed by atoms with E-state index in [0.717, 1.165) is 47.3 Å². The zero-order valence-electron chi connectivity index (χ0n) is 31.8. The summed E-state index contributed by atoms with van der Waals surface area (Å²) in [4.78, 5) is 0. The van der Waals surface area contributed by atoms with Gasteiger partial charge in [0.15, 0.2) is 0 Å². The van der Waals surface area contributed by atoms with Crippen LogP contribution < -0.4 is 11.5 Å². The third-order valence-corrected chi connectivity index (χ3v) is 0. The largest absolute Gasteiger partial charge is 0.333 e. The Morgan fingerprint density at radius 3 is 0.167 bits per heavy atom. The van der Waals surface area contributed by atoms with E-state index >= 15 is 0 Å². The SMILES string of the molecule is CC(C)C.CC(C)C.CC(C)C.CC(C)C.CC(C)C.CC(C)C.CC(C)C.CC(C)C.CN.CN. The lowest BCUT2D eigenvalue weighted by molar-refractivity contribution is 0.736. The van der Waals surface area contributed by atoms with Crippen molar-refractivity contribution in [2.45, 2.75) is 166 Å². The van der Waals surface area contributed by atoms with Crippen LogP contribution in [0.3, 0.4) is 0 Å². The van der Waals surface area contributed by atoms with E-state index in [1.807, 2.05) is 0 Å². The van der Waals surface area contributed by atoms with E-state index in [9.17, 15) is 0 Å². The lowest BCUT2D eigenvalue weighted by atomic mass is 10.3. The van der Waals surface area contributed by atoms with E-state index < -0.39 is 0 Å². The summed E-state index contributed by atoms with van der Waals surface area (Å²) in [7, 11) is 3.00. The molecule has 0 fully saturated rings. The molecule has 0 saturated heterocycles. The van der Waals surface area contributed by atoms with E-state index in [1.54, 1.807) is 0 Å². The molecule has 0 radical (unpaired) electrons. The third-order valence-electron chi connectivity index (χ3n) is 0. The minimum Gasteiger partial charge on any atom is -0.333 e. The lowest BCUT2D eigenvalue weighted by Crippen LogP contribution is -1.69. The summed E-state index contributed by atoms with van der Waals surface area (Å²) < 4.78 is 0. The fourth-order valence-corrected chi connectivity index (χ4v) is 0. The molecule has 0 aliphatic rings. The average molecular weight is 527 g/mol. The Morgan fingerprint density at radius 2 is 0.167 bits per heavy atom. The normalized spacial score (nSPS) is 8.33. The van der Waals surface area contributed by atoms with Crippen LogP contribution in [0.4, 0.5) is 0 Å². The van der Waals surface area contributed by atoms with Crippen LogP contribution in [0, 0.1) is 47.3 Å². The Hall–Kier alpha value is -0.0800. The second-order valence-electron chi connectivity index (χ2n) is 13.9. The standard InChI is InChI=1S/8C4H10.2CH5N/c8*1-4(2)3;2*1-2/h8*4H,1-3H3;2*2H2,1H3. The quantitative estimate of drug-likeness (QED) is 0.329. The summed E-state index contributed by atoms with van der Waals surface area (Å²) in [6.45, 7) is 52.0. The maximum atomic E-state index is 4.50. The van der Waals surface area contributed by atoms with Crippen molar-refractivity contribution in [1.29, 1.82) is 0 Å². The summed E-state index contributed by atoms with van der Waals surface area (Å²) in [5.74, 6) is 6.67. The van der Waals surface area contributed by atoms with Crippen LogP contribution in [0.25, 0.3) is 0 Å². The predicted molar refractivity (Wildman–Crippen MR) is 184 cm³/mol. The molecule has 236 valence electrons. The summed E-state index contributed by atoms with van der Waals surface area (Å²) >= 11 is 0. The topological polar surface area (TPSA) is 52.0 Å². The van der Waals surface area contributed by atoms with Crippen LogP contribution in [0.1, 0.15) is 166 Å². The van der Waals surface area contributed by atoms with Crippen LogP contribution in [-0.2, 0) is 0 Å². The molecule has 0 amide bonds. The molecule has 0 spiro atoms. The van der Waals surface area contributed by atoms with E-state index in [-0.39, 0.29) is 0 Å². The number of hydrogen-bond donors (Lipinski definition) is 2. The van der Waals surface area contributed by atoms with Crippen LogP contribution >= 0.6 is 0 Å². The molecule has 36 heavy (non-hydrogen) atoms. The van der Waals surface area contributed by atoms with Gasteiger partial charge >= 0.3 is 0 Å². The predicted octanol–water partition coefficient (Wildman–Crippen LogP) is 12.4. The van der Waals surface area contributed by atoms with Gasteiger partial charge < -0.3 is 11.5 Å². The fraction of sp³-hybridized carbons (Fsp3) is 1.00. The van der Waals surface area contributed by atoms with E-state index in [4.69, 9.17) is 0 Å². The Bertz CT molecular complexity index is 121. The maximum absolute atomic E-state index is 4.50. The minimum absolute atomic E-state index is 0.833. The summed E-state index contributed by atoms with van der Waals surface area (Å²) in [5, 5.41) is 0. The van der Waals surface area contributed by atoms with Crippen LogP contribution in [0.2, 0.25) is 0 Å². The van der Waals surface area contributed by atoms with Crippen molar-refractivity contribution in [3.63, 3.8) is 0 Å². The highest BCUT2D eigenvalue weighted by molar-refractivity contribution is 4.23. The van der Waals surface area contributed by atoms with Gasteiger partial charge in [-0.2, -0.15) is 0 Å². The first-order valence-corrected chi connectivity index (χ1v) is 15.0. The second kappa shape index (κ2) is 70.2. The molecule has 0 bridgehead atoms. The number of rotatable bonds is 0. The van der Waals surface area contributed by atoms with Gasteiger partial charge in [-0.25, -0.2) is 0 Å². The Labute approximate surface area is 239 Å². The molecule has 2 heteroatoms. The van der Waals surface area contributed by atoms with E-state index in [0.29, 0.717) is 0 Å². The van der Waals surface area contributed by atoms with Crippen molar-refractivity contribution in [2.75, 3.05) is 14.1 Å². The van der Waals surface area contributed by atoms with Crippen LogP contribution in [0.15, 0.2) is 0 Å². The zero-order chi connectivity index (χ0) is 32.6. The first kappa shape index (κ1) is 65.2. The van der Waals surface area contributed by atoms with Gasteiger partial charge in [-0.1, -0.05) is 166 Å². The molecule has 2 nitrogen and oxygen atoms in total. The Kier molecular flexibility index (Phi) is 127. The highest BCUT2D eigenvalue weighted by atomic mass is 14.4. The summed E-state index contributed by atoms with van der Waals surface area (Å²) in [6, 6.07) is 0. The summed E-state index contributed by atoms with van der Waals surface area (Å²) in [6.07, 6.45) is 0. The molecule has 0 atom stereocenters. The molecule has 0 aromatic heterocycles. The molecule has 0 heterocycles. The molecular formula is C34H90N2. The highest BCUT2D eigenvalue weighted by Gasteiger charge is 1.70. The monoisotopic (exact) mass is 527 g/mol. The lowest BCUT2D eigenvalue weighted by Gasteiger charge is -1.79. The Morgan fingerprint density at radius 1 is 0.167 bits per heavy atom. The molecule has 0 aliphatic heterocycles. The zero-order valence-corrected chi connectivity index (χ0v) is 31.8. The smallest absolute Gasteiger partial charge is 0.0195 e. The molecule has 0 aromatic rings. The molecule has 4 N–H and O–H groups in total. The third kappa shape index (κ3) is 5740000. The Balaban J connectivity index is -0.0000000263. The molecule has 0 saturated carbocycles. The van der Waals surface area contributed by atoms with Gasteiger partial charge in [0.25, 0.3) is 0 Å². The van der Waals surface area contributed by atoms with E-state index in [1.165, 1.54) is 14.1 Å². The van der Waals surface area contributed by atoms with Gasteiger partial charge in [0.2, 0.25) is 0 Å². The van der Waals surface area contributed by atoms with Crippen molar-refractivity contribution >= 4 is 0 Å². The van der Waals surface area contributed by atoms with Crippen molar-refractivity contribution in [2.24, 2.45) is 58.8 Å². The minimum atomic E-state index is 0.833. The molecule has 0 unspecified atom stereocenters. The van der Waals surface area contributed by atoms with Crippen molar-refractivity contribution < 1.29 is 0 Å². The summed E-state index contributed by atoms with van der Waals surface area (Å²) in [5.41, 5.74) is 9.00. The molecular weight excluding hydrogens is 436 g/mol. The van der Waals surface area contributed by atoms with Gasteiger partial charge in [0.05, 0.1) is 0 Å². The van der Waals surface area contributed by atoms with Crippen molar-refractivity contribution in [3.8, 4) is 0 Å². The van der Waals surface area contributed by atoms with Gasteiger partial charge in [-0.3, -0.25) is 0 Å².